The Balaban J connectivity index is 1.52. The highest BCUT2D eigenvalue weighted by molar-refractivity contribution is 6.30. The number of nitro groups is 1. The number of piperazine rings is 1. The lowest BCUT2D eigenvalue weighted by Crippen LogP contribution is -2.46. The Kier molecular flexibility index (Phi) is 5.65. The average molecular weight is 428 g/mol. The van der Waals surface area contributed by atoms with Gasteiger partial charge in [0.2, 0.25) is 0 Å². The van der Waals surface area contributed by atoms with Gasteiger partial charge in [-0.25, -0.2) is 0 Å². The molecular formula is C22H22ClN3O4. The number of fused-ring (bicyclic) bond motifs is 1. The second kappa shape index (κ2) is 8.38. The predicted octanol–water partition coefficient (Wildman–Crippen LogP) is 4.44. The number of phenols is 1. The highest BCUT2D eigenvalue weighted by Crippen LogP contribution is 2.33. The second-order valence-electron chi connectivity index (χ2n) is 7.30. The first kappa shape index (κ1) is 20.3. The van der Waals surface area contributed by atoms with Gasteiger partial charge in [0.05, 0.1) is 12.0 Å². The second-order valence-corrected chi connectivity index (χ2v) is 7.74. The van der Waals surface area contributed by atoms with Crippen molar-refractivity contribution in [2.24, 2.45) is 0 Å². The van der Waals surface area contributed by atoms with E-state index in [0.29, 0.717) is 30.3 Å². The molecule has 0 bridgehead atoms. The smallest absolute Gasteiger partial charge is 0.294 e. The molecule has 1 saturated heterocycles. The van der Waals surface area contributed by atoms with Crippen LogP contribution in [0.3, 0.4) is 0 Å². The molecule has 1 N–H and O–H groups in total. The topological polar surface area (TPSA) is 79.1 Å². The summed E-state index contributed by atoms with van der Waals surface area (Å²) in [7, 11) is 1.62. The fraction of sp³-hybridized carbons (Fsp3) is 0.273. The number of hydrogen-bond donors (Lipinski definition) is 1. The number of aromatic hydroxyl groups is 1. The Hall–Kier alpha value is -3.03. The molecule has 0 radical (unpaired) electrons. The third-order valence-electron chi connectivity index (χ3n) is 5.54. The molecule has 0 saturated carbocycles. The Labute approximate surface area is 179 Å². The molecular weight excluding hydrogens is 406 g/mol. The van der Waals surface area contributed by atoms with Gasteiger partial charge in [-0.1, -0.05) is 23.7 Å². The molecule has 0 unspecified atom stereocenters. The first-order chi connectivity index (χ1) is 14.5. The molecule has 3 aromatic carbocycles. The SMILES string of the molecule is COc1ccc2ccc(O)c(CN3CCN(c4ccc(Cl)cc4[N+](=O)[O-])CC3)c2c1. The minimum atomic E-state index is -0.394. The summed E-state index contributed by atoms with van der Waals surface area (Å²) in [5.41, 5.74) is 1.47. The van der Waals surface area contributed by atoms with E-state index < -0.39 is 4.92 Å². The van der Waals surface area contributed by atoms with Crippen molar-refractivity contribution in [2.75, 3.05) is 38.2 Å². The summed E-state index contributed by atoms with van der Waals surface area (Å²) >= 11 is 5.93. The maximum atomic E-state index is 11.4. The van der Waals surface area contributed by atoms with Crippen molar-refractivity contribution in [3.8, 4) is 11.5 Å². The molecule has 8 heteroatoms. The molecule has 1 aliphatic rings. The number of rotatable bonds is 5. The lowest BCUT2D eigenvalue weighted by atomic mass is 10.0. The third-order valence-corrected chi connectivity index (χ3v) is 5.78. The van der Waals surface area contributed by atoms with E-state index in [1.54, 1.807) is 25.3 Å². The van der Waals surface area contributed by atoms with Crippen LogP contribution in [0.1, 0.15) is 5.56 Å². The molecule has 1 heterocycles. The van der Waals surface area contributed by atoms with Gasteiger partial charge in [0, 0.05) is 49.4 Å². The number of hydrogen-bond acceptors (Lipinski definition) is 6. The first-order valence-corrected chi connectivity index (χ1v) is 10.0. The van der Waals surface area contributed by atoms with Crippen LogP contribution in [-0.2, 0) is 6.54 Å². The van der Waals surface area contributed by atoms with Crippen LogP contribution in [0.2, 0.25) is 5.02 Å². The molecule has 30 heavy (non-hydrogen) atoms. The molecule has 4 rings (SSSR count). The van der Waals surface area contributed by atoms with Crippen LogP contribution in [0.4, 0.5) is 11.4 Å². The number of phenolic OH excluding ortho intramolecular Hbond substituents is 1. The van der Waals surface area contributed by atoms with Gasteiger partial charge in [-0.2, -0.15) is 0 Å². The summed E-state index contributed by atoms with van der Waals surface area (Å²) in [5, 5.41) is 24.3. The number of benzene rings is 3. The van der Waals surface area contributed by atoms with Crippen LogP contribution in [0.25, 0.3) is 10.8 Å². The van der Waals surface area contributed by atoms with E-state index in [2.05, 4.69) is 4.90 Å². The van der Waals surface area contributed by atoms with Crippen LogP contribution in [-0.4, -0.2) is 48.2 Å². The molecule has 3 aromatic rings. The Morgan fingerprint density at radius 1 is 1.10 bits per heavy atom. The highest BCUT2D eigenvalue weighted by atomic mass is 35.5. The van der Waals surface area contributed by atoms with Gasteiger partial charge < -0.3 is 14.7 Å². The number of anilines is 1. The number of halogens is 1. The average Bonchev–Trinajstić information content (AvgIpc) is 2.76. The van der Waals surface area contributed by atoms with E-state index in [1.165, 1.54) is 6.07 Å². The van der Waals surface area contributed by atoms with Gasteiger partial charge >= 0.3 is 0 Å². The van der Waals surface area contributed by atoms with Crippen LogP contribution in [0.5, 0.6) is 11.5 Å². The Bertz CT molecular complexity index is 1100. The fourth-order valence-electron chi connectivity index (χ4n) is 3.92. The van der Waals surface area contributed by atoms with Crippen LogP contribution >= 0.6 is 11.6 Å². The van der Waals surface area contributed by atoms with E-state index in [9.17, 15) is 15.2 Å². The minimum absolute atomic E-state index is 0.0229. The molecule has 1 fully saturated rings. The van der Waals surface area contributed by atoms with Crippen molar-refractivity contribution < 1.29 is 14.8 Å². The largest absolute Gasteiger partial charge is 0.508 e. The van der Waals surface area contributed by atoms with E-state index in [1.807, 2.05) is 29.2 Å². The highest BCUT2D eigenvalue weighted by Gasteiger charge is 2.25. The maximum absolute atomic E-state index is 11.4. The van der Waals surface area contributed by atoms with Gasteiger partial charge in [-0.15, -0.1) is 0 Å². The monoisotopic (exact) mass is 427 g/mol. The van der Waals surface area contributed by atoms with E-state index >= 15 is 0 Å². The van der Waals surface area contributed by atoms with Crippen molar-refractivity contribution in [1.82, 2.24) is 4.90 Å². The molecule has 0 atom stereocenters. The predicted molar refractivity (Wildman–Crippen MR) is 118 cm³/mol. The maximum Gasteiger partial charge on any atom is 0.294 e. The summed E-state index contributed by atoms with van der Waals surface area (Å²) < 4.78 is 5.34. The van der Waals surface area contributed by atoms with Crippen molar-refractivity contribution in [3.05, 3.63) is 69.2 Å². The zero-order valence-electron chi connectivity index (χ0n) is 16.5. The molecule has 0 aromatic heterocycles. The van der Waals surface area contributed by atoms with E-state index in [4.69, 9.17) is 16.3 Å². The molecule has 0 aliphatic carbocycles. The molecule has 0 spiro atoms. The van der Waals surface area contributed by atoms with Crippen molar-refractivity contribution in [3.63, 3.8) is 0 Å². The fourth-order valence-corrected chi connectivity index (χ4v) is 4.09. The van der Waals surface area contributed by atoms with E-state index in [-0.39, 0.29) is 11.4 Å². The zero-order valence-corrected chi connectivity index (χ0v) is 17.3. The van der Waals surface area contributed by atoms with E-state index in [0.717, 1.165) is 35.2 Å². The quantitative estimate of drug-likeness (QED) is 0.479. The van der Waals surface area contributed by atoms with Crippen molar-refractivity contribution in [2.45, 2.75) is 6.54 Å². The Morgan fingerprint density at radius 3 is 2.53 bits per heavy atom. The van der Waals surface area contributed by atoms with Crippen molar-refractivity contribution in [1.29, 1.82) is 0 Å². The molecule has 156 valence electrons. The standard InChI is InChI=1S/C22H22ClN3O4/c1-30-17-5-2-15-3-7-22(27)19(18(15)13-17)14-24-8-10-25(11-9-24)20-6-4-16(23)12-21(20)26(28)29/h2-7,12-13,27H,8-11,14H2,1H3. The Morgan fingerprint density at radius 2 is 1.83 bits per heavy atom. The zero-order chi connectivity index (χ0) is 21.3. The van der Waals surface area contributed by atoms with Gasteiger partial charge in [-0.3, -0.25) is 15.0 Å². The summed E-state index contributed by atoms with van der Waals surface area (Å²) in [6, 6.07) is 14.2. The molecule has 1 aliphatic heterocycles. The summed E-state index contributed by atoms with van der Waals surface area (Å²) in [6.45, 7) is 3.33. The van der Waals surface area contributed by atoms with Gasteiger partial charge in [0.25, 0.3) is 5.69 Å². The minimum Gasteiger partial charge on any atom is -0.508 e. The van der Waals surface area contributed by atoms with Crippen LogP contribution < -0.4 is 9.64 Å². The normalized spacial score (nSPS) is 14.8. The van der Waals surface area contributed by atoms with Crippen molar-refractivity contribution >= 4 is 33.7 Å². The lowest BCUT2D eigenvalue weighted by Gasteiger charge is -2.36. The van der Waals surface area contributed by atoms with Gasteiger partial charge in [0.15, 0.2) is 0 Å². The number of ether oxygens (including phenoxy) is 1. The van der Waals surface area contributed by atoms with Gasteiger partial charge in [0.1, 0.15) is 17.2 Å². The number of nitrogens with zero attached hydrogens (tertiary/aromatic N) is 3. The lowest BCUT2D eigenvalue weighted by molar-refractivity contribution is -0.384. The van der Waals surface area contributed by atoms with Crippen LogP contribution in [0, 0.1) is 10.1 Å². The molecule has 7 nitrogen and oxygen atoms in total. The third kappa shape index (κ3) is 3.99. The molecule has 0 amide bonds. The number of nitro benzene ring substituents is 1. The summed E-state index contributed by atoms with van der Waals surface area (Å²) in [4.78, 5) is 15.3. The van der Waals surface area contributed by atoms with Gasteiger partial charge in [-0.05, 0) is 41.1 Å². The number of methoxy groups -OCH3 is 1. The van der Waals surface area contributed by atoms with Crippen LogP contribution in [0.15, 0.2) is 48.5 Å². The first-order valence-electron chi connectivity index (χ1n) is 9.66. The summed E-state index contributed by atoms with van der Waals surface area (Å²) in [6.07, 6.45) is 0. The summed E-state index contributed by atoms with van der Waals surface area (Å²) in [5.74, 6) is 1.00.